The molecule has 0 radical (unpaired) electrons. The molecule has 4 heteroatoms. The van der Waals surface area contributed by atoms with E-state index in [-0.39, 0.29) is 0 Å². The fraction of sp³-hybridized carbons (Fsp3) is 0.692. The normalized spacial score (nSPS) is 22.6. The topological polar surface area (TPSA) is 51.6 Å². The first kappa shape index (κ1) is 12.6. The molecule has 4 nitrogen and oxygen atoms in total. The van der Waals surface area contributed by atoms with Gasteiger partial charge < -0.3 is 14.9 Å². The third-order valence-corrected chi connectivity index (χ3v) is 3.31. The molecular formula is C13H22N2O2. The second-order valence-electron chi connectivity index (χ2n) is 4.56. The van der Waals surface area contributed by atoms with Crippen molar-refractivity contribution in [1.82, 2.24) is 4.90 Å². The van der Waals surface area contributed by atoms with E-state index in [0.717, 1.165) is 44.8 Å². The lowest BCUT2D eigenvalue weighted by Crippen LogP contribution is -2.31. The minimum atomic E-state index is 0.366. The largest absolute Gasteiger partial charge is 0.468 e. The highest BCUT2D eigenvalue weighted by molar-refractivity contribution is 5.16. The van der Waals surface area contributed by atoms with Gasteiger partial charge in [-0.15, -0.1) is 0 Å². The molecule has 1 saturated heterocycles. The molecular weight excluding hydrogens is 216 g/mol. The molecule has 1 aromatic heterocycles. The van der Waals surface area contributed by atoms with E-state index in [9.17, 15) is 0 Å². The van der Waals surface area contributed by atoms with Gasteiger partial charge in [0.05, 0.1) is 18.9 Å². The van der Waals surface area contributed by atoms with Crippen LogP contribution < -0.4 is 5.73 Å². The van der Waals surface area contributed by atoms with Gasteiger partial charge in [0.15, 0.2) is 0 Å². The van der Waals surface area contributed by atoms with E-state index in [1.165, 1.54) is 5.56 Å². The zero-order valence-corrected chi connectivity index (χ0v) is 10.5. The van der Waals surface area contributed by atoms with Gasteiger partial charge in [-0.2, -0.15) is 0 Å². The van der Waals surface area contributed by atoms with Crippen LogP contribution in [0.4, 0.5) is 0 Å². The first-order chi connectivity index (χ1) is 8.33. The van der Waals surface area contributed by atoms with Crippen molar-refractivity contribution >= 4 is 0 Å². The van der Waals surface area contributed by atoms with Crippen LogP contribution in [0.1, 0.15) is 31.1 Å². The van der Waals surface area contributed by atoms with Crippen molar-refractivity contribution in [1.29, 1.82) is 0 Å². The number of furan rings is 1. The van der Waals surface area contributed by atoms with Crippen LogP contribution in [0.5, 0.6) is 0 Å². The van der Waals surface area contributed by atoms with Crippen LogP contribution in [0, 0.1) is 0 Å². The van der Waals surface area contributed by atoms with Gasteiger partial charge in [-0.3, -0.25) is 4.90 Å². The van der Waals surface area contributed by atoms with Crippen molar-refractivity contribution in [3.8, 4) is 0 Å². The highest BCUT2D eigenvalue weighted by Crippen LogP contribution is 2.16. The van der Waals surface area contributed by atoms with Crippen molar-refractivity contribution in [2.24, 2.45) is 5.73 Å². The third kappa shape index (κ3) is 3.31. The first-order valence-electron chi connectivity index (χ1n) is 6.42. The van der Waals surface area contributed by atoms with Gasteiger partial charge in [-0.25, -0.2) is 0 Å². The summed E-state index contributed by atoms with van der Waals surface area (Å²) in [7, 11) is 0. The summed E-state index contributed by atoms with van der Waals surface area (Å²) in [5.41, 5.74) is 6.86. The number of hydrogen-bond donors (Lipinski definition) is 1. The summed E-state index contributed by atoms with van der Waals surface area (Å²) in [5, 5.41) is 0. The quantitative estimate of drug-likeness (QED) is 0.868. The molecule has 96 valence electrons. The predicted octanol–water partition coefficient (Wildman–Crippen LogP) is 1.74. The Labute approximate surface area is 103 Å². The minimum absolute atomic E-state index is 0.366. The van der Waals surface area contributed by atoms with Crippen LogP contribution in [0.15, 0.2) is 16.7 Å². The Morgan fingerprint density at radius 1 is 1.53 bits per heavy atom. The van der Waals surface area contributed by atoms with Gasteiger partial charge in [0, 0.05) is 31.8 Å². The molecule has 1 aromatic rings. The lowest BCUT2D eigenvalue weighted by atomic mass is 10.2. The number of ether oxygens (including phenoxy) is 1. The van der Waals surface area contributed by atoms with Crippen molar-refractivity contribution in [3.05, 3.63) is 23.7 Å². The minimum Gasteiger partial charge on any atom is -0.468 e. The van der Waals surface area contributed by atoms with Gasteiger partial charge >= 0.3 is 0 Å². The molecule has 2 N–H and O–H groups in total. The molecule has 0 saturated carbocycles. The van der Waals surface area contributed by atoms with Crippen LogP contribution in [-0.4, -0.2) is 30.7 Å². The third-order valence-electron chi connectivity index (χ3n) is 3.31. The van der Waals surface area contributed by atoms with E-state index in [1.54, 1.807) is 6.26 Å². The zero-order chi connectivity index (χ0) is 12.1. The van der Waals surface area contributed by atoms with E-state index in [2.05, 4.69) is 11.8 Å². The van der Waals surface area contributed by atoms with Crippen molar-refractivity contribution < 1.29 is 9.15 Å². The molecule has 1 aliphatic rings. The molecule has 0 amide bonds. The van der Waals surface area contributed by atoms with Crippen LogP contribution in [0.2, 0.25) is 0 Å². The number of nitrogens with zero attached hydrogens (tertiary/aromatic N) is 1. The van der Waals surface area contributed by atoms with E-state index in [1.807, 2.05) is 6.07 Å². The fourth-order valence-electron chi connectivity index (χ4n) is 2.29. The predicted molar refractivity (Wildman–Crippen MR) is 66.5 cm³/mol. The number of hydrogen-bond acceptors (Lipinski definition) is 4. The maximum atomic E-state index is 5.77. The summed E-state index contributed by atoms with van der Waals surface area (Å²) < 4.78 is 11.1. The summed E-state index contributed by atoms with van der Waals surface area (Å²) in [4.78, 5) is 2.44. The van der Waals surface area contributed by atoms with Gasteiger partial charge in [0.1, 0.15) is 5.76 Å². The average molecular weight is 238 g/mol. The number of rotatable bonds is 4. The van der Waals surface area contributed by atoms with E-state index < -0.39 is 0 Å². The summed E-state index contributed by atoms with van der Waals surface area (Å²) in [6.07, 6.45) is 4.27. The molecule has 0 spiro atoms. The Balaban J connectivity index is 1.97. The lowest BCUT2D eigenvalue weighted by molar-refractivity contribution is 0.0509. The SMILES string of the molecule is CCC1CN(Cc2ccoc2CN)CCCO1. The Bertz CT molecular complexity index is 338. The van der Waals surface area contributed by atoms with Crippen LogP contribution in [-0.2, 0) is 17.8 Å². The zero-order valence-electron chi connectivity index (χ0n) is 10.5. The maximum absolute atomic E-state index is 5.77. The monoisotopic (exact) mass is 238 g/mol. The standard InChI is InChI=1S/C13H22N2O2/c1-2-12-10-15(5-3-6-16-12)9-11-4-7-17-13(11)8-14/h4,7,12H,2-3,5-6,8-10,14H2,1H3. The number of nitrogens with two attached hydrogens (primary N) is 1. The van der Waals surface area contributed by atoms with Crippen molar-refractivity contribution in [3.63, 3.8) is 0 Å². The molecule has 1 aliphatic heterocycles. The summed E-state index contributed by atoms with van der Waals surface area (Å²) in [5.74, 6) is 0.906. The van der Waals surface area contributed by atoms with Crippen LogP contribution in [0.25, 0.3) is 0 Å². The summed E-state index contributed by atoms with van der Waals surface area (Å²) >= 11 is 0. The molecule has 0 aromatic carbocycles. The highest BCUT2D eigenvalue weighted by atomic mass is 16.5. The van der Waals surface area contributed by atoms with E-state index >= 15 is 0 Å². The molecule has 1 fully saturated rings. The second kappa shape index (κ2) is 6.19. The van der Waals surface area contributed by atoms with Gasteiger partial charge in [0.2, 0.25) is 0 Å². The molecule has 1 unspecified atom stereocenters. The van der Waals surface area contributed by atoms with Crippen LogP contribution in [0.3, 0.4) is 0 Å². The smallest absolute Gasteiger partial charge is 0.121 e. The van der Waals surface area contributed by atoms with Crippen molar-refractivity contribution in [2.75, 3.05) is 19.7 Å². The molecule has 17 heavy (non-hydrogen) atoms. The van der Waals surface area contributed by atoms with Crippen LogP contribution >= 0.6 is 0 Å². The van der Waals surface area contributed by atoms with E-state index in [0.29, 0.717) is 12.6 Å². The highest BCUT2D eigenvalue weighted by Gasteiger charge is 2.18. The second-order valence-corrected chi connectivity index (χ2v) is 4.56. The Hall–Kier alpha value is -0.840. The molecule has 2 rings (SSSR count). The molecule has 0 aliphatic carbocycles. The lowest BCUT2D eigenvalue weighted by Gasteiger charge is -2.22. The average Bonchev–Trinajstić information content (AvgIpc) is 2.66. The molecule has 2 heterocycles. The molecule has 0 bridgehead atoms. The van der Waals surface area contributed by atoms with E-state index in [4.69, 9.17) is 14.9 Å². The van der Waals surface area contributed by atoms with Gasteiger partial charge in [-0.1, -0.05) is 6.92 Å². The van der Waals surface area contributed by atoms with Gasteiger partial charge in [0.25, 0.3) is 0 Å². The summed E-state index contributed by atoms with van der Waals surface area (Å²) in [6.45, 7) is 6.55. The van der Waals surface area contributed by atoms with Crippen molar-refractivity contribution in [2.45, 2.75) is 39.0 Å². The fourth-order valence-corrected chi connectivity index (χ4v) is 2.29. The van der Waals surface area contributed by atoms with Gasteiger partial charge in [-0.05, 0) is 18.9 Å². The summed E-state index contributed by atoms with van der Waals surface area (Å²) in [6, 6.07) is 2.02. The Morgan fingerprint density at radius 2 is 2.41 bits per heavy atom. The Kier molecular flexibility index (Phi) is 4.59. The Morgan fingerprint density at radius 3 is 3.18 bits per heavy atom. The maximum Gasteiger partial charge on any atom is 0.121 e. The molecule has 1 atom stereocenters. The first-order valence-corrected chi connectivity index (χ1v) is 6.42.